The molecule has 0 amide bonds. The second kappa shape index (κ2) is 1.72. The molecule has 0 atom stereocenters. The zero-order chi connectivity index (χ0) is 2.83. The van der Waals surface area contributed by atoms with Crippen LogP contribution in [-0.2, 0) is 39.9 Å². The summed E-state index contributed by atoms with van der Waals surface area (Å²) in [5.74, 6) is 0. The number of rotatable bonds is 0. The van der Waals surface area contributed by atoms with E-state index in [-0.39, 0.29) is 39.9 Å². The molecule has 1 saturated heterocycles. The van der Waals surface area contributed by atoms with Crippen molar-refractivity contribution in [2.75, 3.05) is 0 Å². The molecule has 0 spiro atoms. The summed E-state index contributed by atoms with van der Waals surface area (Å²) >= 11 is 0.350. The standard InChI is InChI=1S/2HN.Nb.Ti/h2*1H;;. The van der Waals surface area contributed by atoms with Crippen molar-refractivity contribution in [2.24, 2.45) is 0 Å². The predicted molar refractivity (Wildman–Crippen MR) is 6.27 cm³/mol. The van der Waals surface area contributed by atoms with Crippen LogP contribution < -0.4 is 4.41 Å². The first-order chi connectivity index (χ1) is 2.00. The summed E-state index contributed by atoms with van der Waals surface area (Å²) < 4.78 is 6.55. The van der Waals surface area contributed by atoms with Gasteiger partial charge in [0.05, 0.1) is 0 Å². The molecule has 2 nitrogen and oxygen atoms in total. The van der Waals surface area contributed by atoms with Crippen molar-refractivity contribution in [1.82, 2.24) is 4.41 Å². The van der Waals surface area contributed by atoms with Gasteiger partial charge in [0.1, 0.15) is 0 Å². The second-order valence-electron chi connectivity index (χ2n) is 0.460. The van der Waals surface area contributed by atoms with Crippen LogP contribution in [0, 0.1) is 0 Å². The zero-order valence-electron chi connectivity index (χ0n) is 1.95. The van der Waals surface area contributed by atoms with Crippen LogP contribution in [0.3, 0.4) is 0 Å². The number of hydrogen-bond acceptors (Lipinski definition) is 2. The van der Waals surface area contributed by atoms with Crippen LogP contribution in [-0.4, -0.2) is 0 Å². The first-order valence-electron chi connectivity index (χ1n) is 0.947. The van der Waals surface area contributed by atoms with Gasteiger partial charge in [0.2, 0.25) is 0 Å². The molecule has 21 valence electrons. The van der Waals surface area contributed by atoms with Crippen LogP contribution in [0.4, 0.5) is 0 Å². The van der Waals surface area contributed by atoms with Crippen LogP contribution in [0.5, 0.6) is 0 Å². The predicted octanol–water partition coefficient (Wildman–Crippen LogP) is -0.996. The van der Waals surface area contributed by atoms with Gasteiger partial charge in [-0.15, -0.1) is 0 Å². The zero-order valence-corrected chi connectivity index (χ0v) is 5.71. The van der Waals surface area contributed by atoms with Crippen LogP contribution in [0.2, 0.25) is 0 Å². The van der Waals surface area contributed by atoms with Crippen LogP contribution in [0.1, 0.15) is 0 Å². The first kappa shape index (κ1) is 3.56. The van der Waals surface area contributed by atoms with Gasteiger partial charge in [-0.25, -0.2) is 0 Å². The van der Waals surface area contributed by atoms with E-state index in [9.17, 15) is 0 Å². The minimum atomic E-state index is 0.0889. The summed E-state index contributed by atoms with van der Waals surface area (Å²) in [5, 5.41) is 0. The van der Waals surface area contributed by atoms with Gasteiger partial charge in [0, 0.05) is 0 Å². The van der Waals surface area contributed by atoms with Gasteiger partial charge in [-0.2, -0.15) is 0 Å². The fourth-order valence-corrected chi connectivity index (χ4v) is 1.36. The molecule has 4 heavy (non-hydrogen) atoms. The van der Waals surface area contributed by atoms with E-state index in [1.807, 2.05) is 0 Å². The molecule has 0 radical (unpaired) electrons. The van der Waals surface area contributed by atoms with E-state index < -0.39 is 0 Å². The molecule has 1 fully saturated rings. The molecular formula is H2N2NbTi. The Hall–Kier alpha value is 1.37. The fraction of sp³-hybridized carbons (Fsp3) is 0. The summed E-state index contributed by atoms with van der Waals surface area (Å²) in [6, 6.07) is 0. The van der Waals surface area contributed by atoms with Crippen molar-refractivity contribution in [3.63, 3.8) is 0 Å². The third-order valence-corrected chi connectivity index (χ3v) is 5.45. The second-order valence-corrected chi connectivity index (χ2v) is 6.63. The van der Waals surface area contributed by atoms with Gasteiger partial charge in [0.15, 0.2) is 0 Å². The molecule has 0 aromatic heterocycles. The Morgan fingerprint density at radius 1 is 1.50 bits per heavy atom. The Bertz CT molecular complexity index is 14.0. The molecule has 4 heteroatoms. The van der Waals surface area contributed by atoms with Crippen LogP contribution >= 0.6 is 0 Å². The molecule has 2 N–H and O–H groups in total. The average molecular weight is 171 g/mol. The molecule has 1 rings (SSSR count). The van der Waals surface area contributed by atoms with E-state index in [0.717, 1.165) is 0 Å². The SMILES string of the molecule is [NH]1[Ti][NH][Nb]1. The Morgan fingerprint density at radius 3 is 1.75 bits per heavy atom. The summed E-state index contributed by atoms with van der Waals surface area (Å²) in [7, 11) is 0. The Kier molecular flexibility index (Phi) is 1.54. The summed E-state index contributed by atoms with van der Waals surface area (Å²) in [6.07, 6.45) is 0. The molecule has 0 aromatic carbocycles. The van der Waals surface area contributed by atoms with Crippen LogP contribution in [0.25, 0.3) is 0 Å². The number of hydrogen-bond donors (Lipinski definition) is 2. The number of nitrogens with one attached hydrogen (secondary N) is 2. The van der Waals surface area contributed by atoms with Gasteiger partial charge in [-0.05, 0) is 0 Å². The maximum atomic E-state index is 3.28. The van der Waals surface area contributed by atoms with E-state index in [0.29, 0.717) is 0 Å². The molecule has 0 bridgehead atoms. The van der Waals surface area contributed by atoms with Gasteiger partial charge in [0.25, 0.3) is 0 Å². The molecule has 0 saturated carbocycles. The van der Waals surface area contributed by atoms with Crippen molar-refractivity contribution in [2.45, 2.75) is 0 Å². The van der Waals surface area contributed by atoms with Gasteiger partial charge < -0.3 is 0 Å². The minimum absolute atomic E-state index is 0.0889. The molecule has 0 aliphatic carbocycles. The Balaban J connectivity index is 2.00. The summed E-state index contributed by atoms with van der Waals surface area (Å²) in [6.45, 7) is 0. The molecular weight excluding hydrogens is 169 g/mol. The molecule has 1 aliphatic rings. The first-order valence-corrected chi connectivity index (χ1v) is 4.71. The average Bonchev–Trinajstić information content (AvgIpc) is 0.722. The van der Waals surface area contributed by atoms with Crippen molar-refractivity contribution >= 4 is 0 Å². The van der Waals surface area contributed by atoms with Crippen molar-refractivity contribution < 1.29 is 39.9 Å². The van der Waals surface area contributed by atoms with Crippen LogP contribution in [0.15, 0.2) is 0 Å². The van der Waals surface area contributed by atoms with Crippen molar-refractivity contribution in [1.29, 1.82) is 0 Å². The third-order valence-electron chi connectivity index (χ3n) is 0.224. The van der Waals surface area contributed by atoms with Gasteiger partial charge in [-0.1, -0.05) is 0 Å². The molecule has 1 aliphatic heterocycles. The molecule has 0 aromatic rings. The Morgan fingerprint density at radius 2 is 1.75 bits per heavy atom. The van der Waals surface area contributed by atoms with E-state index in [2.05, 4.69) is 4.41 Å². The maximum absolute atomic E-state index is 3.28. The van der Waals surface area contributed by atoms with E-state index >= 15 is 0 Å². The Labute approximate surface area is 44.2 Å². The monoisotopic (exact) mass is 171 g/mol. The van der Waals surface area contributed by atoms with E-state index in [4.69, 9.17) is 0 Å². The van der Waals surface area contributed by atoms with Crippen molar-refractivity contribution in [3.8, 4) is 0 Å². The van der Waals surface area contributed by atoms with Gasteiger partial charge >= 0.3 is 44.3 Å². The van der Waals surface area contributed by atoms with E-state index in [1.165, 1.54) is 0 Å². The van der Waals surface area contributed by atoms with Crippen molar-refractivity contribution in [3.05, 3.63) is 0 Å². The fourth-order valence-electron chi connectivity index (χ4n) is 0.0559. The molecule has 1 heterocycles. The normalized spacial score (nSPS) is 20.0. The van der Waals surface area contributed by atoms with Gasteiger partial charge in [-0.3, -0.25) is 0 Å². The summed E-state index contributed by atoms with van der Waals surface area (Å²) in [5.41, 5.74) is 0. The topological polar surface area (TPSA) is 24.1 Å². The quantitative estimate of drug-likeness (QED) is 0.457. The van der Waals surface area contributed by atoms with E-state index in [1.54, 1.807) is 0 Å². The summed E-state index contributed by atoms with van der Waals surface area (Å²) in [4.78, 5) is 0. The third kappa shape index (κ3) is 0.659. The molecule has 0 unspecified atom stereocenters.